The van der Waals surface area contributed by atoms with Crippen molar-refractivity contribution in [3.8, 4) is 11.5 Å². The van der Waals surface area contributed by atoms with E-state index in [0.29, 0.717) is 23.6 Å². The Kier molecular flexibility index (Phi) is 4.89. The molecule has 2 aromatic carbocycles. The number of nitrogens with zero attached hydrogens (tertiary/aromatic N) is 3. The monoisotopic (exact) mass is 398 g/mol. The second-order valence-electron chi connectivity index (χ2n) is 7.54. The maximum Gasteiger partial charge on any atom is 0.253 e. The van der Waals surface area contributed by atoms with Crippen LogP contribution in [-0.2, 0) is 0 Å². The van der Waals surface area contributed by atoms with Crippen LogP contribution in [0.1, 0.15) is 34.9 Å². The quantitative estimate of drug-likeness (QED) is 0.537. The largest absolute Gasteiger partial charge is 0.456 e. The number of aromatic amines is 1. The minimum absolute atomic E-state index is 0.0451. The number of amides is 1. The van der Waals surface area contributed by atoms with Crippen LogP contribution in [0.2, 0.25) is 0 Å². The molecule has 3 heterocycles. The molecule has 1 aliphatic rings. The molecule has 1 saturated heterocycles. The number of likely N-dealkylation sites (tertiary alicyclic amines) is 1. The van der Waals surface area contributed by atoms with E-state index in [0.717, 1.165) is 36.2 Å². The highest BCUT2D eigenvalue weighted by Crippen LogP contribution is 2.28. The van der Waals surface area contributed by atoms with Crippen LogP contribution in [0.3, 0.4) is 0 Å². The van der Waals surface area contributed by atoms with Gasteiger partial charge in [0.1, 0.15) is 17.3 Å². The van der Waals surface area contributed by atoms with Crippen LogP contribution < -0.4 is 4.74 Å². The first-order chi connectivity index (χ1) is 14.8. The van der Waals surface area contributed by atoms with Crippen LogP contribution in [0.25, 0.3) is 11.0 Å². The molecule has 1 aliphatic heterocycles. The molecule has 0 spiro atoms. The maximum atomic E-state index is 13.1. The van der Waals surface area contributed by atoms with Crippen LogP contribution in [0.5, 0.6) is 11.5 Å². The fourth-order valence-electron chi connectivity index (χ4n) is 3.94. The summed E-state index contributed by atoms with van der Waals surface area (Å²) < 4.78 is 5.76. The third-order valence-electron chi connectivity index (χ3n) is 5.47. The summed E-state index contributed by atoms with van der Waals surface area (Å²) in [5.74, 6) is 2.58. The number of hydrogen-bond acceptors (Lipinski definition) is 4. The number of piperidine rings is 1. The van der Waals surface area contributed by atoms with E-state index >= 15 is 0 Å². The Morgan fingerprint density at radius 1 is 1.03 bits per heavy atom. The van der Waals surface area contributed by atoms with Crippen molar-refractivity contribution in [3.63, 3.8) is 0 Å². The Bertz CT molecular complexity index is 1120. The molecule has 0 radical (unpaired) electrons. The Hall–Kier alpha value is -3.67. The van der Waals surface area contributed by atoms with Gasteiger partial charge in [-0.2, -0.15) is 0 Å². The number of fused-ring (bicyclic) bond motifs is 1. The SMILES string of the molecule is O=C(c1ccc(Oc2cccnc2)cc1)N1CCC[C@@H](c2nc3ccccc3[nH]2)C1. The van der Waals surface area contributed by atoms with E-state index in [4.69, 9.17) is 9.72 Å². The summed E-state index contributed by atoms with van der Waals surface area (Å²) in [6.07, 6.45) is 5.36. The van der Waals surface area contributed by atoms with Gasteiger partial charge in [-0.05, 0) is 61.4 Å². The molecule has 1 N–H and O–H groups in total. The van der Waals surface area contributed by atoms with Gasteiger partial charge < -0.3 is 14.6 Å². The van der Waals surface area contributed by atoms with Gasteiger partial charge in [-0.25, -0.2) is 4.98 Å². The van der Waals surface area contributed by atoms with Crippen molar-refractivity contribution in [3.05, 3.63) is 84.4 Å². The lowest BCUT2D eigenvalue weighted by Crippen LogP contribution is -2.39. The predicted molar refractivity (Wildman–Crippen MR) is 115 cm³/mol. The topological polar surface area (TPSA) is 71.1 Å². The molecular weight excluding hydrogens is 376 g/mol. The van der Waals surface area contributed by atoms with Gasteiger partial charge in [-0.15, -0.1) is 0 Å². The van der Waals surface area contributed by atoms with E-state index in [1.165, 1.54) is 0 Å². The average Bonchev–Trinajstić information content (AvgIpc) is 3.24. The summed E-state index contributed by atoms with van der Waals surface area (Å²) in [6, 6.07) is 19.0. The molecule has 4 aromatic rings. The van der Waals surface area contributed by atoms with Gasteiger partial charge in [0.05, 0.1) is 17.2 Å². The Labute approximate surface area is 174 Å². The number of rotatable bonds is 4. The molecule has 1 amide bonds. The molecule has 1 fully saturated rings. The zero-order chi connectivity index (χ0) is 20.3. The highest BCUT2D eigenvalue weighted by atomic mass is 16.5. The van der Waals surface area contributed by atoms with E-state index in [-0.39, 0.29) is 11.8 Å². The third-order valence-corrected chi connectivity index (χ3v) is 5.47. The minimum atomic E-state index is 0.0451. The molecule has 0 aliphatic carbocycles. The summed E-state index contributed by atoms with van der Waals surface area (Å²) in [4.78, 5) is 27.2. The molecule has 0 unspecified atom stereocenters. The summed E-state index contributed by atoms with van der Waals surface area (Å²) in [5, 5.41) is 0. The number of carbonyl (C=O) groups is 1. The molecular formula is C24H22N4O2. The zero-order valence-electron chi connectivity index (χ0n) is 16.5. The lowest BCUT2D eigenvalue weighted by molar-refractivity contribution is 0.0705. The van der Waals surface area contributed by atoms with Crippen molar-refractivity contribution < 1.29 is 9.53 Å². The second kappa shape index (κ2) is 7.99. The number of imidazole rings is 1. The van der Waals surface area contributed by atoms with E-state index in [9.17, 15) is 4.79 Å². The van der Waals surface area contributed by atoms with E-state index in [1.807, 2.05) is 65.6 Å². The molecule has 150 valence electrons. The van der Waals surface area contributed by atoms with Crippen LogP contribution in [0, 0.1) is 0 Å². The number of para-hydroxylation sites is 2. The van der Waals surface area contributed by atoms with Crippen molar-refractivity contribution in [2.24, 2.45) is 0 Å². The first-order valence-electron chi connectivity index (χ1n) is 10.2. The predicted octanol–water partition coefficient (Wildman–Crippen LogP) is 4.77. The van der Waals surface area contributed by atoms with Crippen molar-refractivity contribution in [1.82, 2.24) is 19.9 Å². The Morgan fingerprint density at radius 3 is 2.70 bits per heavy atom. The highest BCUT2D eigenvalue weighted by Gasteiger charge is 2.27. The Morgan fingerprint density at radius 2 is 1.90 bits per heavy atom. The molecule has 6 nitrogen and oxygen atoms in total. The summed E-state index contributed by atoms with van der Waals surface area (Å²) in [7, 11) is 0. The number of carbonyl (C=O) groups excluding carboxylic acids is 1. The number of ether oxygens (including phenoxy) is 1. The van der Waals surface area contributed by atoms with E-state index in [1.54, 1.807) is 12.4 Å². The molecule has 6 heteroatoms. The van der Waals surface area contributed by atoms with Crippen LogP contribution in [0.4, 0.5) is 0 Å². The number of aromatic nitrogens is 3. The van der Waals surface area contributed by atoms with Gasteiger partial charge in [0.25, 0.3) is 5.91 Å². The normalized spacial score (nSPS) is 16.5. The summed E-state index contributed by atoms with van der Waals surface area (Å²) in [6.45, 7) is 1.44. The first kappa shape index (κ1) is 18.4. The van der Waals surface area contributed by atoms with Crippen molar-refractivity contribution >= 4 is 16.9 Å². The summed E-state index contributed by atoms with van der Waals surface area (Å²) in [5.41, 5.74) is 2.68. The average molecular weight is 398 g/mol. The number of hydrogen-bond donors (Lipinski definition) is 1. The zero-order valence-corrected chi connectivity index (χ0v) is 16.5. The lowest BCUT2D eigenvalue weighted by atomic mass is 9.96. The fraction of sp³-hybridized carbons (Fsp3) is 0.208. The van der Waals surface area contributed by atoms with Gasteiger partial charge in [0, 0.05) is 30.8 Å². The number of pyridine rings is 1. The lowest BCUT2D eigenvalue weighted by Gasteiger charge is -2.32. The van der Waals surface area contributed by atoms with Crippen molar-refractivity contribution in [2.75, 3.05) is 13.1 Å². The standard InChI is InChI=1S/C24H22N4O2/c29-24(17-9-11-19(12-10-17)30-20-6-3-13-25-15-20)28-14-4-5-18(16-28)23-26-21-7-1-2-8-22(21)27-23/h1-3,6-13,15,18H,4-5,14,16H2,(H,26,27)/t18-/m1/s1. The molecule has 0 saturated carbocycles. The van der Waals surface area contributed by atoms with Gasteiger partial charge in [-0.3, -0.25) is 9.78 Å². The van der Waals surface area contributed by atoms with Crippen LogP contribution in [-0.4, -0.2) is 38.8 Å². The summed E-state index contributed by atoms with van der Waals surface area (Å²) >= 11 is 0. The van der Waals surface area contributed by atoms with Crippen molar-refractivity contribution in [1.29, 1.82) is 0 Å². The van der Waals surface area contributed by atoms with Crippen LogP contribution >= 0.6 is 0 Å². The van der Waals surface area contributed by atoms with Gasteiger partial charge in [0.15, 0.2) is 0 Å². The van der Waals surface area contributed by atoms with Crippen molar-refractivity contribution in [2.45, 2.75) is 18.8 Å². The second-order valence-corrected chi connectivity index (χ2v) is 7.54. The molecule has 1 atom stereocenters. The Balaban J connectivity index is 1.28. The molecule has 2 aromatic heterocycles. The highest BCUT2D eigenvalue weighted by molar-refractivity contribution is 5.94. The van der Waals surface area contributed by atoms with Gasteiger partial charge in [0.2, 0.25) is 0 Å². The van der Waals surface area contributed by atoms with Gasteiger partial charge >= 0.3 is 0 Å². The van der Waals surface area contributed by atoms with E-state index < -0.39 is 0 Å². The number of nitrogens with one attached hydrogen (secondary N) is 1. The van der Waals surface area contributed by atoms with E-state index in [2.05, 4.69) is 9.97 Å². The fourth-order valence-corrected chi connectivity index (χ4v) is 3.94. The first-order valence-corrected chi connectivity index (χ1v) is 10.2. The molecule has 30 heavy (non-hydrogen) atoms. The number of benzene rings is 2. The van der Waals surface area contributed by atoms with Gasteiger partial charge in [-0.1, -0.05) is 12.1 Å². The molecule has 0 bridgehead atoms. The van der Waals surface area contributed by atoms with Crippen LogP contribution in [0.15, 0.2) is 73.1 Å². The number of H-pyrrole nitrogens is 1. The minimum Gasteiger partial charge on any atom is -0.456 e. The smallest absolute Gasteiger partial charge is 0.253 e. The maximum absolute atomic E-state index is 13.1. The third kappa shape index (κ3) is 3.76. The molecule has 5 rings (SSSR count).